The van der Waals surface area contributed by atoms with Gasteiger partial charge in [-0.1, -0.05) is 12.2 Å². The van der Waals surface area contributed by atoms with E-state index in [1.807, 2.05) is 26.0 Å². The van der Waals surface area contributed by atoms with Gasteiger partial charge in [-0.3, -0.25) is 4.79 Å². The van der Waals surface area contributed by atoms with Gasteiger partial charge in [0.05, 0.1) is 6.10 Å². The second kappa shape index (κ2) is 8.57. The number of hydrogen-bond donors (Lipinski definition) is 2. The van der Waals surface area contributed by atoms with E-state index in [9.17, 15) is 14.7 Å². The molecular formula is C31H32N2O7. The number of nitrogen functional groups attached to an aromatic ring is 1. The topological polar surface area (TPSA) is 137 Å². The summed E-state index contributed by atoms with van der Waals surface area (Å²) in [6, 6.07) is 6.79. The molecule has 0 amide bonds. The van der Waals surface area contributed by atoms with Gasteiger partial charge in [0, 0.05) is 35.7 Å². The van der Waals surface area contributed by atoms with E-state index in [1.54, 1.807) is 19.2 Å². The Balaban J connectivity index is 1.28. The highest BCUT2D eigenvalue weighted by molar-refractivity contribution is 5.88. The normalized spacial score (nSPS) is 31.5. The maximum Gasteiger partial charge on any atom is 0.342 e. The summed E-state index contributed by atoms with van der Waals surface area (Å²) in [5.41, 5.74) is 5.31. The SMILES string of the molecule is Cc1cc(=O)c2c(O)c3c(cc2o1)OC(C)(C)[C@@H]1OC(=O)[C@]2(O[C@@H]2CCc2ccnc(N)c2)[C@@H]2C=C[C@@H](CC2)[C@H]31. The third-order valence-electron chi connectivity index (χ3n) is 9.10. The molecule has 2 fully saturated rings. The molecular weight excluding hydrogens is 512 g/mol. The molecule has 208 valence electrons. The van der Waals surface area contributed by atoms with E-state index in [0.717, 1.165) is 18.4 Å². The number of rotatable bonds is 3. The van der Waals surface area contributed by atoms with Gasteiger partial charge in [0.1, 0.15) is 45.8 Å². The number of benzene rings is 1. The van der Waals surface area contributed by atoms with Crippen LogP contribution in [0.4, 0.5) is 5.82 Å². The van der Waals surface area contributed by atoms with Gasteiger partial charge >= 0.3 is 5.97 Å². The van der Waals surface area contributed by atoms with Crippen LogP contribution in [-0.2, 0) is 20.7 Å². The zero-order valence-electron chi connectivity index (χ0n) is 22.7. The lowest BCUT2D eigenvalue weighted by Crippen LogP contribution is -2.53. The van der Waals surface area contributed by atoms with Gasteiger partial charge in [-0.05, 0) is 70.1 Å². The molecule has 2 bridgehead atoms. The number of aromatic nitrogens is 1. The lowest BCUT2D eigenvalue weighted by Gasteiger charge is -2.46. The number of aromatic hydroxyl groups is 1. The van der Waals surface area contributed by atoms with Crippen LogP contribution < -0.4 is 15.9 Å². The van der Waals surface area contributed by atoms with Gasteiger partial charge in [-0.15, -0.1) is 0 Å². The van der Waals surface area contributed by atoms with E-state index in [4.69, 9.17) is 24.4 Å². The van der Waals surface area contributed by atoms with Gasteiger partial charge in [0.25, 0.3) is 0 Å². The Labute approximate surface area is 230 Å². The Morgan fingerprint density at radius 1 is 1.15 bits per heavy atom. The molecule has 40 heavy (non-hydrogen) atoms. The molecule has 2 aromatic heterocycles. The number of ether oxygens (including phenoxy) is 3. The van der Waals surface area contributed by atoms with Crippen molar-refractivity contribution in [2.75, 3.05) is 5.73 Å². The standard InChI is InChI=1S/C31H32N2O7/c1-15-12-19(34)25-20(37-15)14-21-26(27(25)35)24-17-5-7-18(8-6-17)31(29(36)38-28(24)30(2,3)39-21)22(40-31)9-4-16-10-11-33-23(32)13-16/h5,7,10-14,17-18,22,24,28,35H,4,6,8-9H2,1-3H3,(H2,32,33)/t17-,18+,22+,24+,28+,31-/m0/s1. The molecule has 0 radical (unpaired) electrons. The van der Waals surface area contributed by atoms with E-state index in [-0.39, 0.29) is 40.1 Å². The smallest absolute Gasteiger partial charge is 0.342 e. The lowest BCUT2D eigenvalue weighted by atomic mass is 9.69. The van der Waals surface area contributed by atoms with E-state index in [1.165, 1.54) is 6.07 Å². The fourth-order valence-electron chi connectivity index (χ4n) is 7.19. The number of carbonyl (C=O) groups is 1. The molecule has 8 rings (SSSR count). The largest absolute Gasteiger partial charge is 0.507 e. The Bertz CT molecular complexity index is 1640. The fraction of sp³-hybridized carbons (Fsp3) is 0.452. The maximum atomic E-state index is 14.0. The van der Waals surface area contributed by atoms with Gasteiger partial charge < -0.3 is 29.5 Å². The first-order valence-electron chi connectivity index (χ1n) is 13.9. The van der Waals surface area contributed by atoms with Gasteiger partial charge in [0.2, 0.25) is 0 Å². The number of hydrogen-bond acceptors (Lipinski definition) is 9. The number of phenols is 1. The summed E-state index contributed by atoms with van der Waals surface area (Å²) in [7, 11) is 0. The predicted octanol–water partition coefficient (Wildman–Crippen LogP) is 4.32. The number of phenolic OH excluding ortho intramolecular Hbond substituents is 1. The molecule has 4 aliphatic heterocycles. The zero-order valence-corrected chi connectivity index (χ0v) is 22.7. The lowest BCUT2D eigenvalue weighted by molar-refractivity contribution is -0.172. The minimum atomic E-state index is -1.06. The molecule has 1 aromatic carbocycles. The molecule has 1 aliphatic carbocycles. The molecule has 0 saturated carbocycles. The van der Waals surface area contributed by atoms with Crippen LogP contribution in [0.3, 0.4) is 0 Å². The van der Waals surface area contributed by atoms with Crippen LogP contribution in [0, 0.1) is 18.8 Å². The predicted molar refractivity (Wildman–Crippen MR) is 146 cm³/mol. The number of fused-ring (bicyclic) bond motifs is 4. The van der Waals surface area contributed by atoms with Gasteiger partial charge in [0.15, 0.2) is 11.0 Å². The average Bonchev–Trinajstić information content (AvgIpc) is 3.61. The number of epoxide rings is 1. The van der Waals surface area contributed by atoms with Crippen LogP contribution in [0.5, 0.6) is 11.5 Å². The molecule has 3 aromatic rings. The number of nitrogens with zero attached hydrogens (tertiary/aromatic N) is 1. The summed E-state index contributed by atoms with van der Waals surface area (Å²) in [6.45, 7) is 5.46. The number of allylic oxidation sites excluding steroid dienone is 1. The van der Waals surface area contributed by atoms with Crippen molar-refractivity contribution in [2.24, 2.45) is 11.8 Å². The number of nitrogens with two attached hydrogens (primary N) is 1. The second-order valence-corrected chi connectivity index (χ2v) is 12.0. The van der Waals surface area contributed by atoms with Crippen molar-refractivity contribution in [1.29, 1.82) is 0 Å². The van der Waals surface area contributed by atoms with Crippen LogP contribution in [-0.4, -0.2) is 39.5 Å². The number of anilines is 1. The number of aryl methyl sites for hydroxylation is 2. The Morgan fingerprint density at radius 2 is 1.98 bits per heavy atom. The maximum absolute atomic E-state index is 14.0. The first-order chi connectivity index (χ1) is 19.1. The first-order valence-corrected chi connectivity index (χ1v) is 13.9. The Morgan fingerprint density at radius 3 is 2.73 bits per heavy atom. The number of pyridine rings is 1. The molecule has 0 unspecified atom stereocenters. The minimum Gasteiger partial charge on any atom is -0.507 e. The molecule has 6 heterocycles. The highest BCUT2D eigenvalue weighted by Gasteiger charge is 2.69. The van der Waals surface area contributed by atoms with Crippen molar-refractivity contribution in [2.45, 2.75) is 75.8 Å². The third-order valence-corrected chi connectivity index (χ3v) is 9.10. The zero-order chi connectivity index (χ0) is 28.0. The Hall–Kier alpha value is -3.85. The van der Waals surface area contributed by atoms with Crippen molar-refractivity contribution in [3.63, 3.8) is 0 Å². The quantitative estimate of drug-likeness (QED) is 0.281. The second-order valence-electron chi connectivity index (χ2n) is 12.0. The van der Waals surface area contributed by atoms with Crippen molar-refractivity contribution in [3.8, 4) is 11.5 Å². The van der Waals surface area contributed by atoms with E-state index in [0.29, 0.717) is 35.7 Å². The molecule has 3 N–H and O–H groups in total. The molecule has 9 heteroatoms. The third kappa shape index (κ3) is 3.67. The molecule has 6 atom stereocenters. The average molecular weight is 545 g/mol. The first kappa shape index (κ1) is 25.1. The molecule has 9 nitrogen and oxygen atoms in total. The number of carbonyl (C=O) groups excluding carboxylic acids is 1. The highest BCUT2D eigenvalue weighted by atomic mass is 16.7. The van der Waals surface area contributed by atoms with E-state index < -0.39 is 29.2 Å². The van der Waals surface area contributed by atoms with Gasteiger partial charge in [-0.2, -0.15) is 0 Å². The van der Waals surface area contributed by atoms with Crippen molar-refractivity contribution < 1.29 is 28.5 Å². The van der Waals surface area contributed by atoms with Crippen LogP contribution in [0.25, 0.3) is 11.0 Å². The fourth-order valence-corrected chi connectivity index (χ4v) is 7.19. The number of esters is 1. The molecule has 1 spiro atoms. The van der Waals surface area contributed by atoms with Crippen molar-refractivity contribution in [3.05, 3.63) is 69.7 Å². The minimum absolute atomic E-state index is 0.0380. The van der Waals surface area contributed by atoms with Crippen LogP contribution >= 0.6 is 0 Å². The van der Waals surface area contributed by atoms with Crippen LogP contribution in [0.2, 0.25) is 0 Å². The van der Waals surface area contributed by atoms with E-state index in [2.05, 4.69) is 17.1 Å². The van der Waals surface area contributed by atoms with E-state index >= 15 is 0 Å². The van der Waals surface area contributed by atoms with Crippen molar-refractivity contribution in [1.82, 2.24) is 4.98 Å². The monoisotopic (exact) mass is 544 g/mol. The van der Waals surface area contributed by atoms with Gasteiger partial charge in [-0.25, -0.2) is 9.78 Å². The highest BCUT2D eigenvalue weighted by Crippen LogP contribution is 2.58. The summed E-state index contributed by atoms with van der Waals surface area (Å²) in [5.74, 6) is 0.177. The summed E-state index contributed by atoms with van der Waals surface area (Å²) in [4.78, 5) is 31.0. The van der Waals surface area contributed by atoms with Crippen LogP contribution in [0.1, 0.15) is 55.9 Å². The molecule has 2 saturated heterocycles. The van der Waals surface area contributed by atoms with Crippen LogP contribution in [0.15, 0.2) is 51.8 Å². The summed E-state index contributed by atoms with van der Waals surface area (Å²) < 4.78 is 24.8. The summed E-state index contributed by atoms with van der Waals surface area (Å²) in [5, 5.41) is 11.6. The Kier molecular flexibility index (Phi) is 5.39. The summed E-state index contributed by atoms with van der Waals surface area (Å²) >= 11 is 0. The van der Waals surface area contributed by atoms with Crippen molar-refractivity contribution >= 4 is 22.8 Å². The summed E-state index contributed by atoms with van der Waals surface area (Å²) in [6.07, 6.45) is 7.73. The molecule has 5 aliphatic rings.